The van der Waals surface area contributed by atoms with E-state index in [1.54, 1.807) is 22.9 Å². The summed E-state index contributed by atoms with van der Waals surface area (Å²) in [6.45, 7) is 4.28. The van der Waals surface area contributed by atoms with Gasteiger partial charge in [0, 0.05) is 11.1 Å². The average molecular weight is 363 g/mol. The number of aliphatic imine (C=N–C) groups is 1. The summed E-state index contributed by atoms with van der Waals surface area (Å²) in [7, 11) is 0. The van der Waals surface area contributed by atoms with Gasteiger partial charge in [-0.15, -0.1) is 0 Å². The van der Waals surface area contributed by atoms with E-state index in [1.807, 2.05) is 18.2 Å². The van der Waals surface area contributed by atoms with Crippen LogP contribution in [0.1, 0.15) is 52.5 Å². The molecule has 3 aromatic rings. The monoisotopic (exact) mass is 363 g/mol. The summed E-state index contributed by atoms with van der Waals surface area (Å²) in [6, 6.07) is 12.4. The summed E-state index contributed by atoms with van der Waals surface area (Å²) in [5.41, 5.74) is 4.01. The fourth-order valence-electron chi connectivity index (χ4n) is 3.32. The molecule has 136 valence electrons. The van der Waals surface area contributed by atoms with Crippen molar-refractivity contribution < 1.29 is 14.3 Å². The van der Waals surface area contributed by atoms with E-state index in [-0.39, 0.29) is 23.8 Å². The van der Waals surface area contributed by atoms with E-state index in [1.165, 1.54) is 12.3 Å². The van der Waals surface area contributed by atoms with Crippen molar-refractivity contribution in [3.63, 3.8) is 0 Å². The molecule has 0 spiro atoms. The second-order valence-corrected chi connectivity index (χ2v) is 6.80. The first-order valence-corrected chi connectivity index (χ1v) is 8.71. The number of nitrogens with zero attached hydrogens (tertiary/aromatic N) is 3. The zero-order chi connectivity index (χ0) is 19.1. The SMILES string of the molecule is CC(C)c1ccc2c(c1)C(c1ccccc1F)=NCc1c(C(=O)O)cnn1-2. The molecule has 0 amide bonds. The second-order valence-electron chi connectivity index (χ2n) is 6.80. The number of rotatable bonds is 3. The van der Waals surface area contributed by atoms with Crippen molar-refractivity contribution in [2.24, 2.45) is 4.99 Å². The third-order valence-electron chi connectivity index (χ3n) is 4.79. The van der Waals surface area contributed by atoms with Crippen LogP contribution in [0, 0.1) is 5.82 Å². The van der Waals surface area contributed by atoms with Crippen LogP contribution in [0.25, 0.3) is 5.69 Å². The first kappa shape index (κ1) is 17.1. The lowest BCUT2D eigenvalue weighted by molar-refractivity contribution is 0.0695. The minimum Gasteiger partial charge on any atom is -0.478 e. The summed E-state index contributed by atoms with van der Waals surface area (Å²) >= 11 is 0. The van der Waals surface area contributed by atoms with Crippen molar-refractivity contribution in [3.8, 4) is 5.69 Å². The first-order valence-electron chi connectivity index (χ1n) is 8.71. The third kappa shape index (κ3) is 2.83. The quantitative estimate of drug-likeness (QED) is 0.759. The minimum atomic E-state index is -1.05. The van der Waals surface area contributed by atoms with Crippen LogP contribution in [0.15, 0.2) is 53.7 Å². The maximum Gasteiger partial charge on any atom is 0.339 e. The Morgan fingerprint density at radius 1 is 1.19 bits per heavy atom. The van der Waals surface area contributed by atoms with Crippen molar-refractivity contribution in [2.75, 3.05) is 0 Å². The highest BCUT2D eigenvalue weighted by atomic mass is 19.1. The van der Waals surface area contributed by atoms with E-state index in [0.717, 1.165) is 11.1 Å². The zero-order valence-electron chi connectivity index (χ0n) is 15.0. The van der Waals surface area contributed by atoms with E-state index in [2.05, 4.69) is 23.9 Å². The number of fused-ring (bicyclic) bond motifs is 3. The van der Waals surface area contributed by atoms with E-state index >= 15 is 0 Å². The molecular weight excluding hydrogens is 345 g/mol. The van der Waals surface area contributed by atoms with Crippen LogP contribution in [0.3, 0.4) is 0 Å². The van der Waals surface area contributed by atoms with Gasteiger partial charge in [0.05, 0.1) is 29.8 Å². The number of carboxylic acids is 1. The van der Waals surface area contributed by atoms with E-state index in [4.69, 9.17) is 0 Å². The van der Waals surface area contributed by atoms with Gasteiger partial charge < -0.3 is 5.11 Å². The Kier molecular flexibility index (Phi) is 4.11. The van der Waals surface area contributed by atoms with Crippen LogP contribution in [-0.4, -0.2) is 26.6 Å². The van der Waals surface area contributed by atoms with Crippen molar-refractivity contribution >= 4 is 11.7 Å². The highest BCUT2D eigenvalue weighted by Crippen LogP contribution is 2.29. The summed E-state index contributed by atoms with van der Waals surface area (Å²) < 4.78 is 16.1. The van der Waals surface area contributed by atoms with Gasteiger partial charge >= 0.3 is 5.97 Å². The number of carboxylic acid groups (broad SMARTS) is 1. The first-order chi connectivity index (χ1) is 13.0. The maximum absolute atomic E-state index is 14.5. The molecule has 1 aromatic heterocycles. The predicted molar refractivity (Wildman–Crippen MR) is 100 cm³/mol. The molecule has 1 aliphatic heterocycles. The molecule has 0 saturated carbocycles. The van der Waals surface area contributed by atoms with Gasteiger partial charge in [0.25, 0.3) is 0 Å². The Bertz CT molecular complexity index is 1080. The zero-order valence-corrected chi connectivity index (χ0v) is 15.0. The van der Waals surface area contributed by atoms with Crippen LogP contribution in [0.5, 0.6) is 0 Å². The maximum atomic E-state index is 14.5. The van der Waals surface area contributed by atoms with Crippen molar-refractivity contribution in [1.29, 1.82) is 0 Å². The number of hydrogen-bond donors (Lipinski definition) is 1. The lowest BCUT2D eigenvalue weighted by Crippen LogP contribution is -2.10. The Morgan fingerprint density at radius 3 is 2.67 bits per heavy atom. The van der Waals surface area contributed by atoms with Crippen molar-refractivity contribution in [2.45, 2.75) is 26.3 Å². The van der Waals surface area contributed by atoms with Gasteiger partial charge in [-0.2, -0.15) is 5.10 Å². The molecule has 2 aromatic carbocycles. The smallest absolute Gasteiger partial charge is 0.339 e. The average Bonchev–Trinajstić information content (AvgIpc) is 3.00. The fraction of sp³-hybridized carbons (Fsp3) is 0.190. The number of halogens is 1. The molecule has 1 aliphatic rings. The lowest BCUT2D eigenvalue weighted by atomic mass is 9.94. The molecule has 6 heteroatoms. The third-order valence-corrected chi connectivity index (χ3v) is 4.79. The predicted octanol–water partition coefficient (Wildman–Crippen LogP) is 4.18. The molecule has 0 radical (unpaired) electrons. The van der Waals surface area contributed by atoms with Gasteiger partial charge in [-0.3, -0.25) is 4.99 Å². The molecule has 0 aliphatic carbocycles. The van der Waals surface area contributed by atoms with E-state index in [9.17, 15) is 14.3 Å². The van der Waals surface area contributed by atoms with Gasteiger partial charge in [-0.1, -0.05) is 32.0 Å². The van der Waals surface area contributed by atoms with Gasteiger partial charge in [-0.25, -0.2) is 13.9 Å². The number of aromatic carboxylic acids is 1. The van der Waals surface area contributed by atoms with E-state index < -0.39 is 5.97 Å². The fourth-order valence-corrected chi connectivity index (χ4v) is 3.32. The Morgan fingerprint density at radius 2 is 1.96 bits per heavy atom. The van der Waals surface area contributed by atoms with Crippen LogP contribution < -0.4 is 0 Å². The minimum absolute atomic E-state index is 0.104. The summed E-state index contributed by atoms with van der Waals surface area (Å²) in [4.78, 5) is 16.2. The van der Waals surface area contributed by atoms with Gasteiger partial charge in [0.2, 0.25) is 0 Å². The summed E-state index contributed by atoms with van der Waals surface area (Å²) in [6.07, 6.45) is 1.33. The molecule has 0 atom stereocenters. The second kappa shape index (κ2) is 6.46. The molecule has 0 fully saturated rings. The molecule has 4 rings (SSSR count). The normalized spacial score (nSPS) is 13.0. The molecule has 0 saturated heterocycles. The van der Waals surface area contributed by atoms with Crippen LogP contribution in [0.2, 0.25) is 0 Å². The summed E-state index contributed by atoms with van der Waals surface area (Å²) in [5, 5.41) is 13.7. The van der Waals surface area contributed by atoms with Crippen LogP contribution in [0.4, 0.5) is 4.39 Å². The number of aromatic nitrogens is 2. The topological polar surface area (TPSA) is 67.5 Å². The highest BCUT2D eigenvalue weighted by molar-refractivity contribution is 6.15. The number of benzene rings is 2. The Hall–Kier alpha value is -3.28. The molecule has 1 N–H and O–H groups in total. The number of hydrogen-bond acceptors (Lipinski definition) is 3. The van der Waals surface area contributed by atoms with Crippen molar-refractivity contribution in [1.82, 2.24) is 9.78 Å². The molecule has 27 heavy (non-hydrogen) atoms. The van der Waals surface area contributed by atoms with Crippen LogP contribution in [-0.2, 0) is 6.54 Å². The molecule has 5 nitrogen and oxygen atoms in total. The highest BCUT2D eigenvalue weighted by Gasteiger charge is 2.25. The van der Waals surface area contributed by atoms with Gasteiger partial charge in [0.15, 0.2) is 0 Å². The van der Waals surface area contributed by atoms with Crippen LogP contribution >= 0.6 is 0 Å². The van der Waals surface area contributed by atoms with Crippen molar-refractivity contribution in [3.05, 3.63) is 82.4 Å². The lowest BCUT2D eigenvalue weighted by Gasteiger charge is -2.15. The van der Waals surface area contributed by atoms with E-state index in [0.29, 0.717) is 22.7 Å². The number of carbonyl (C=O) groups is 1. The summed E-state index contributed by atoms with van der Waals surface area (Å²) in [5.74, 6) is -1.14. The molecule has 0 bridgehead atoms. The standard InChI is InChI=1S/C21H18FN3O2/c1-12(2)13-7-8-18-15(9-13)20(14-5-3-4-6-17(14)22)23-11-19-16(21(26)27)10-24-25(18)19/h3-10,12H,11H2,1-2H3,(H,26,27). The Balaban J connectivity index is 2.01. The molecule has 2 heterocycles. The van der Waals surface area contributed by atoms with Gasteiger partial charge in [0.1, 0.15) is 11.4 Å². The molecular formula is C21H18FN3O2. The molecule has 0 unspecified atom stereocenters. The van der Waals surface area contributed by atoms with Gasteiger partial charge in [-0.05, 0) is 35.7 Å². The Labute approximate surface area is 155 Å². The largest absolute Gasteiger partial charge is 0.478 e.